The number of benzene rings is 1. The Hall–Kier alpha value is -2.60. The second kappa shape index (κ2) is 5.06. The van der Waals surface area contributed by atoms with Crippen molar-refractivity contribution in [3.8, 4) is 22.5 Å². The summed E-state index contributed by atoms with van der Waals surface area (Å²) in [4.78, 5) is 13.9. The Labute approximate surface area is 123 Å². The molecule has 3 aromatic rings. The molecule has 0 saturated heterocycles. The number of rotatable bonds is 2. The van der Waals surface area contributed by atoms with Crippen LogP contribution in [-0.4, -0.2) is 10.1 Å². The van der Waals surface area contributed by atoms with Gasteiger partial charge in [-0.15, -0.1) is 0 Å². The molecular weight excluding hydrogens is 297 g/mol. The van der Waals surface area contributed by atoms with Crippen molar-refractivity contribution < 1.29 is 8.91 Å². The predicted octanol–water partition coefficient (Wildman–Crippen LogP) is 3.07. The Balaban J connectivity index is 2.27. The van der Waals surface area contributed by atoms with Crippen LogP contribution in [0.1, 0.15) is 0 Å². The van der Waals surface area contributed by atoms with Gasteiger partial charge in [-0.1, -0.05) is 28.9 Å². The average molecular weight is 306 g/mol. The van der Waals surface area contributed by atoms with Crippen molar-refractivity contribution in [3.05, 3.63) is 57.7 Å². The van der Waals surface area contributed by atoms with E-state index in [9.17, 15) is 9.18 Å². The van der Waals surface area contributed by atoms with Crippen LogP contribution in [0.15, 0.2) is 45.8 Å². The number of H-pyrrole nitrogens is 1. The topological polar surface area (TPSA) is 84.9 Å². The maximum Gasteiger partial charge on any atom is 0.248 e. The van der Waals surface area contributed by atoms with Gasteiger partial charge in [0.15, 0.2) is 11.6 Å². The van der Waals surface area contributed by atoms with Gasteiger partial charge in [-0.3, -0.25) is 4.79 Å². The molecule has 3 N–H and O–H groups in total. The number of aromatic nitrogens is 2. The first-order valence-electron chi connectivity index (χ1n) is 5.96. The van der Waals surface area contributed by atoms with Gasteiger partial charge in [0.2, 0.25) is 5.56 Å². The molecule has 0 atom stereocenters. The van der Waals surface area contributed by atoms with Gasteiger partial charge in [-0.05, 0) is 12.1 Å². The molecule has 1 aromatic carbocycles. The molecule has 7 heteroatoms. The highest BCUT2D eigenvalue weighted by Crippen LogP contribution is 2.38. The Kier molecular flexibility index (Phi) is 3.23. The van der Waals surface area contributed by atoms with E-state index in [1.807, 2.05) is 0 Å². The zero-order chi connectivity index (χ0) is 15.0. The lowest BCUT2D eigenvalue weighted by molar-refractivity contribution is 0.436. The molecule has 0 saturated carbocycles. The van der Waals surface area contributed by atoms with Gasteiger partial charge in [0.25, 0.3) is 0 Å². The zero-order valence-electron chi connectivity index (χ0n) is 10.6. The second-order valence-corrected chi connectivity index (χ2v) is 4.72. The highest BCUT2D eigenvalue weighted by Gasteiger charge is 2.21. The van der Waals surface area contributed by atoms with Gasteiger partial charge < -0.3 is 15.2 Å². The minimum atomic E-state index is -0.625. The first-order chi connectivity index (χ1) is 10.1. The number of nitrogens with two attached hydrogens (primary N) is 1. The molecule has 0 amide bonds. The Bertz CT molecular complexity index is 873. The molecule has 5 nitrogen and oxygen atoms in total. The van der Waals surface area contributed by atoms with Crippen LogP contribution in [0.4, 0.5) is 10.2 Å². The number of aromatic amines is 1. The predicted molar refractivity (Wildman–Crippen MR) is 77.4 cm³/mol. The van der Waals surface area contributed by atoms with E-state index >= 15 is 0 Å². The minimum absolute atomic E-state index is 0.0199. The summed E-state index contributed by atoms with van der Waals surface area (Å²) in [6.45, 7) is 0. The van der Waals surface area contributed by atoms with Crippen molar-refractivity contribution in [2.45, 2.75) is 0 Å². The summed E-state index contributed by atoms with van der Waals surface area (Å²) in [5.74, 6) is -0.397. The molecule has 2 aromatic heterocycles. The maximum atomic E-state index is 14.2. The van der Waals surface area contributed by atoms with Gasteiger partial charge in [0.1, 0.15) is 5.82 Å². The quantitative estimate of drug-likeness (QED) is 0.762. The lowest BCUT2D eigenvalue weighted by atomic mass is 10.0. The summed E-state index contributed by atoms with van der Waals surface area (Å²) < 4.78 is 19.3. The van der Waals surface area contributed by atoms with Gasteiger partial charge in [0, 0.05) is 23.4 Å². The monoisotopic (exact) mass is 305 g/mol. The van der Waals surface area contributed by atoms with Gasteiger partial charge in [0.05, 0.1) is 10.6 Å². The van der Waals surface area contributed by atoms with E-state index in [0.29, 0.717) is 5.56 Å². The summed E-state index contributed by atoms with van der Waals surface area (Å²) in [6.07, 6.45) is 1.45. The lowest BCUT2D eigenvalue weighted by Crippen LogP contribution is -2.02. The minimum Gasteiger partial charge on any atom is -0.380 e. The van der Waals surface area contributed by atoms with E-state index in [1.54, 1.807) is 12.1 Å². The van der Waals surface area contributed by atoms with Gasteiger partial charge in [-0.2, -0.15) is 0 Å². The third-order valence-electron chi connectivity index (χ3n) is 2.98. The van der Waals surface area contributed by atoms with Crippen molar-refractivity contribution in [3.63, 3.8) is 0 Å². The van der Waals surface area contributed by atoms with Crippen LogP contribution in [0.3, 0.4) is 0 Å². The maximum absolute atomic E-state index is 14.2. The summed E-state index contributed by atoms with van der Waals surface area (Å²) >= 11 is 5.78. The molecule has 0 spiro atoms. The highest BCUT2D eigenvalue weighted by molar-refractivity contribution is 6.31. The molecule has 0 bridgehead atoms. The van der Waals surface area contributed by atoms with E-state index in [4.69, 9.17) is 21.9 Å². The van der Waals surface area contributed by atoms with Crippen molar-refractivity contribution in [1.29, 1.82) is 0 Å². The van der Waals surface area contributed by atoms with Crippen LogP contribution in [0, 0.1) is 5.82 Å². The fourth-order valence-electron chi connectivity index (χ4n) is 2.04. The van der Waals surface area contributed by atoms with E-state index in [1.165, 1.54) is 24.4 Å². The fraction of sp³-hybridized carbons (Fsp3) is 0. The molecule has 0 aliphatic heterocycles. The standard InChI is InChI=1S/C14H9ClFN3O2/c15-9-3-1-2-8(12(9)16)11-13(21-19-14(11)17)7-4-5-18-10(20)6-7/h1-6H,(H2,17,19)(H,18,20). The van der Waals surface area contributed by atoms with Crippen LogP contribution in [0.2, 0.25) is 5.02 Å². The number of nitrogens with zero attached hydrogens (tertiary/aromatic N) is 1. The van der Waals surface area contributed by atoms with Crippen molar-refractivity contribution >= 4 is 17.4 Å². The second-order valence-electron chi connectivity index (χ2n) is 4.31. The summed E-state index contributed by atoms with van der Waals surface area (Å²) in [5.41, 5.74) is 6.32. The first-order valence-corrected chi connectivity index (χ1v) is 6.34. The Morgan fingerprint density at radius 3 is 2.90 bits per heavy atom. The van der Waals surface area contributed by atoms with E-state index in [-0.39, 0.29) is 33.3 Å². The van der Waals surface area contributed by atoms with Crippen LogP contribution < -0.4 is 11.3 Å². The van der Waals surface area contributed by atoms with Gasteiger partial charge >= 0.3 is 0 Å². The number of anilines is 1. The first kappa shape index (κ1) is 13.4. The molecule has 0 aliphatic carbocycles. The number of halogens is 2. The summed E-state index contributed by atoms with van der Waals surface area (Å²) in [7, 11) is 0. The summed E-state index contributed by atoms with van der Waals surface area (Å²) in [6, 6.07) is 7.45. The van der Waals surface area contributed by atoms with Crippen molar-refractivity contribution in [1.82, 2.24) is 10.1 Å². The molecule has 21 heavy (non-hydrogen) atoms. The zero-order valence-corrected chi connectivity index (χ0v) is 11.3. The van der Waals surface area contributed by atoms with Gasteiger partial charge in [-0.25, -0.2) is 4.39 Å². The van der Waals surface area contributed by atoms with E-state index in [0.717, 1.165) is 0 Å². The molecule has 0 radical (unpaired) electrons. The van der Waals surface area contributed by atoms with Crippen LogP contribution >= 0.6 is 11.6 Å². The van der Waals surface area contributed by atoms with Crippen LogP contribution in [-0.2, 0) is 0 Å². The normalized spacial score (nSPS) is 10.8. The number of hydrogen-bond acceptors (Lipinski definition) is 4. The average Bonchev–Trinajstić information content (AvgIpc) is 2.84. The molecule has 0 fully saturated rings. The highest BCUT2D eigenvalue weighted by atomic mass is 35.5. The third kappa shape index (κ3) is 2.30. The third-order valence-corrected chi connectivity index (χ3v) is 3.27. The van der Waals surface area contributed by atoms with Crippen molar-refractivity contribution in [2.24, 2.45) is 0 Å². The molecule has 3 rings (SSSR count). The lowest BCUT2D eigenvalue weighted by Gasteiger charge is -2.05. The Morgan fingerprint density at radius 1 is 1.33 bits per heavy atom. The summed E-state index contributed by atoms with van der Waals surface area (Å²) in [5, 5.41) is 3.61. The largest absolute Gasteiger partial charge is 0.380 e. The smallest absolute Gasteiger partial charge is 0.248 e. The number of pyridine rings is 1. The molecule has 0 unspecified atom stereocenters. The SMILES string of the molecule is Nc1noc(-c2cc[nH]c(=O)c2)c1-c1cccc(Cl)c1F. The fourth-order valence-corrected chi connectivity index (χ4v) is 2.22. The van der Waals surface area contributed by atoms with E-state index < -0.39 is 5.82 Å². The molecule has 106 valence electrons. The number of nitrogen functional groups attached to an aromatic ring is 1. The van der Waals surface area contributed by atoms with Crippen LogP contribution in [0.25, 0.3) is 22.5 Å². The number of nitrogens with one attached hydrogen (secondary N) is 1. The number of hydrogen-bond donors (Lipinski definition) is 2. The Morgan fingerprint density at radius 2 is 2.14 bits per heavy atom. The molecule has 0 aliphatic rings. The van der Waals surface area contributed by atoms with Crippen molar-refractivity contribution in [2.75, 3.05) is 5.73 Å². The van der Waals surface area contributed by atoms with Crippen LogP contribution in [0.5, 0.6) is 0 Å². The molecule has 2 heterocycles. The molecular formula is C14H9ClFN3O2. The van der Waals surface area contributed by atoms with E-state index in [2.05, 4.69) is 10.1 Å².